The SMILES string of the molecule is CC(C)CCOC(C)C(=O)NNC(=O)c1cc(Cl)ccc1O. The van der Waals surface area contributed by atoms with E-state index in [0.29, 0.717) is 17.5 Å². The predicted molar refractivity (Wildman–Crippen MR) is 83.6 cm³/mol. The van der Waals surface area contributed by atoms with E-state index < -0.39 is 17.9 Å². The molecule has 6 nitrogen and oxygen atoms in total. The summed E-state index contributed by atoms with van der Waals surface area (Å²) in [5, 5.41) is 9.90. The van der Waals surface area contributed by atoms with Crippen LogP contribution < -0.4 is 10.9 Å². The zero-order chi connectivity index (χ0) is 16.7. The summed E-state index contributed by atoms with van der Waals surface area (Å²) in [6.45, 7) is 6.19. The van der Waals surface area contributed by atoms with Gasteiger partial charge in [0.15, 0.2) is 0 Å². The van der Waals surface area contributed by atoms with Gasteiger partial charge in [0.2, 0.25) is 0 Å². The average Bonchev–Trinajstić information content (AvgIpc) is 2.46. The second kappa shape index (κ2) is 8.60. The minimum absolute atomic E-state index is 0.0267. The minimum Gasteiger partial charge on any atom is -0.507 e. The number of hydrogen-bond acceptors (Lipinski definition) is 4. The largest absolute Gasteiger partial charge is 0.507 e. The molecule has 0 aliphatic carbocycles. The molecule has 0 heterocycles. The molecule has 7 heteroatoms. The average molecular weight is 329 g/mol. The topological polar surface area (TPSA) is 87.7 Å². The molecule has 1 unspecified atom stereocenters. The van der Waals surface area contributed by atoms with E-state index in [0.717, 1.165) is 6.42 Å². The second-order valence-electron chi connectivity index (χ2n) is 5.30. The number of carbonyl (C=O) groups is 2. The van der Waals surface area contributed by atoms with Crippen molar-refractivity contribution in [3.8, 4) is 5.75 Å². The Morgan fingerprint density at radius 3 is 2.59 bits per heavy atom. The number of phenolic OH excluding ortho intramolecular Hbond substituents is 1. The van der Waals surface area contributed by atoms with E-state index in [-0.39, 0.29) is 11.3 Å². The molecule has 0 spiro atoms. The maximum atomic E-state index is 11.9. The Morgan fingerprint density at radius 2 is 1.95 bits per heavy atom. The number of carbonyl (C=O) groups excluding carboxylic acids is 2. The fourth-order valence-electron chi connectivity index (χ4n) is 1.53. The van der Waals surface area contributed by atoms with Gasteiger partial charge in [0, 0.05) is 11.6 Å². The van der Waals surface area contributed by atoms with E-state index in [1.54, 1.807) is 6.92 Å². The van der Waals surface area contributed by atoms with Gasteiger partial charge in [0.1, 0.15) is 11.9 Å². The fourth-order valence-corrected chi connectivity index (χ4v) is 1.71. The van der Waals surface area contributed by atoms with E-state index in [9.17, 15) is 14.7 Å². The van der Waals surface area contributed by atoms with Crippen LogP contribution in [0, 0.1) is 5.92 Å². The molecular formula is C15H21ClN2O4. The molecule has 1 atom stereocenters. The summed E-state index contributed by atoms with van der Waals surface area (Å²) >= 11 is 5.76. The molecule has 0 aromatic heterocycles. The summed E-state index contributed by atoms with van der Waals surface area (Å²) in [6.07, 6.45) is 0.160. The molecule has 0 bridgehead atoms. The van der Waals surface area contributed by atoms with Crippen LogP contribution in [0.2, 0.25) is 5.02 Å². The van der Waals surface area contributed by atoms with E-state index in [1.807, 2.05) is 0 Å². The molecule has 22 heavy (non-hydrogen) atoms. The highest BCUT2D eigenvalue weighted by Gasteiger charge is 2.16. The summed E-state index contributed by atoms with van der Waals surface area (Å²) in [4.78, 5) is 23.6. The molecule has 0 aliphatic heterocycles. The molecule has 0 aliphatic rings. The molecule has 122 valence electrons. The monoisotopic (exact) mass is 328 g/mol. The number of ether oxygens (including phenoxy) is 1. The van der Waals surface area contributed by atoms with Gasteiger partial charge in [-0.3, -0.25) is 20.4 Å². The van der Waals surface area contributed by atoms with Gasteiger partial charge in [-0.25, -0.2) is 0 Å². The maximum absolute atomic E-state index is 11.9. The summed E-state index contributed by atoms with van der Waals surface area (Å²) in [5.74, 6) is -0.875. The van der Waals surface area contributed by atoms with Crippen molar-refractivity contribution >= 4 is 23.4 Å². The highest BCUT2D eigenvalue weighted by Crippen LogP contribution is 2.20. The zero-order valence-electron chi connectivity index (χ0n) is 12.9. The fraction of sp³-hybridized carbons (Fsp3) is 0.467. The van der Waals surface area contributed by atoms with E-state index in [2.05, 4.69) is 24.7 Å². The van der Waals surface area contributed by atoms with Crippen LogP contribution in [0.3, 0.4) is 0 Å². The smallest absolute Gasteiger partial charge is 0.273 e. The molecule has 2 amide bonds. The second-order valence-corrected chi connectivity index (χ2v) is 5.74. The molecule has 0 saturated heterocycles. The van der Waals surface area contributed by atoms with Gasteiger partial charge in [-0.05, 0) is 37.5 Å². The van der Waals surface area contributed by atoms with E-state index in [1.165, 1.54) is 18.2 Å². The van der Waals surface area contributed by atoms with Crippen molar-refractivity contribution < 1.29 is 19.4 Å². The molecule has 1 aromatic carbocycles. The van der Waals surface area contributed by atoms with Gasteiger partial charge in [-0.15, -0.1) is 0 Å². The summed E-state index contributed by atoms with van der Waals surface area (Å²) in [6, 6.07) is 4.06. The lowest BCUT2D eigenvalue weighted by Crippen LogP contribution is -2.46. The predicted octanol–water partition coefficient (Wildman–Crippen LogP) is 2.26. The van der Waals surface area contributed by atoms with Crippen LogP contribution in [0.25, 0.3) is 0 Å². The quantitative estimate of drug-likeness (QED) is 0.699. The van der Waals surface area contributed by atoms with Gasteiger partial charge in [0.25, 0.3) is 11.8 Å². The van der Waals surface area contributed by atoms with Crippen molar-refractivity contribution in [1.82, 2.24) is 10.9 Å². The van der Waals surface area contributed by atoms with Crippen LogP contribution in [0.1, 0.15) is 37.6 Å². The Kier molecular flexibility index (Phi) is 7.14. The molecule has 1 rings (SSSR count). The number of hydrazine groups is 1. The summed E-state index contributed by atoms with van der Waals surface area (Å²) in [5.41, 5.74) is 4.43. The Labute approximate surface area is 134 Å². The minimum atomic E-state index is -0.688. The van der Waals surface area contributed by atoms with Gasteiger partial charge in [-0.2, -0.15) is 0 Å². The third kappa shape index (κ3) is 5.91. The number of hydrogen-bond donors (Lipinski definition) is 3. The van der Waals surface area contributed by atoms with Gasteiger partial charge in [0.05, 0.1) is 5.56 Å². The number of phenols is 1. The normalized spacial score (nSPS) is 12.0. The lowest BCUT2D eigenvalue weighted by molar-refractivity contribution is -0.132. The molecular weight excluding hydrogens is 308 g/mol. The standard InChI is InChI=1S/C15H21ClN2O4/c1-9(2)6-7-22-10(3)14(20)17-18-15(21)12-8-11(16)4-5-13(12)19/h4-5,8-10,19H,6-7H2,1-3H3,(H,17,20)(H,18,21). The van der Waals surface area contributed by atoms with Gasteiger partial charge < -0.3 is 9.84 Å². The molecule has 0 saturated carbocycles. The van der Waals surface area contributed by atoms with Gasteiger partial charge >= 0.3 is 0 Å². The lowest BCUT2D eigenvalue weighted by atomic mass is 10.1. The Balaban J connectivity index is 2.46. The number of rotatable bonds is 6. The summed E-state index contributed by atoms with van der Waals surface area (Å²) in [7, 11) is 0. The van der Waals surface area contributed by atoms with Crippen molar-refractivity contribution in [3.05, 3.63) is 28.8 Å². The number of aromatic hydroxyl groups is 1. The van der Waals surface area contributed by atoms with Crippen LogP contribution >= 0.6 is 11.6 Å². The van der Waals surface area contributed by atoms with Crippen LogP contribution in [-0.2, 0) is 9.53 Å². The zero-order valence-corrected chi connectivity index (χ0v) is 13.6. The number of amides is 2. The van der Waals surface area contributed by atoms with Crippen molar-refractivity contribution in [2.75, 3.05) is 6.61 Å². The number of halogens is 1. The first-order valence-corrected chi connectivity index (χ1v) is 7.39. The molecule has 1 aromatic rings. The van der Waals surface area contributed by atoms with E-state index >= 15 is 0 Å². The van der Waals surface area contributed by atoms with Gasteiger partial charge in [-0.1, -0.05) is 25.4 Å². The highest BCUT2D eigenvalue weighted by atomic mass is 35.5. The van der Waals surface area contributed by atoms with Crippen molar-refractivity contribution in [2.24, 2.45) is 5.92 Å². The Morgan fingerprint density at radius 1 is 1.27 bits per heavy atom. The third-order valence-electron chi connectivity index (χ3n) is 2.93. The van der Waals surface area contributed by atoms with Crippen LogP contribution in [0.4, 0.5) is 0 Å². The summed E-state index contributed by atoms with van der Waals surface area (Å²) < 4.78 is 5.36. The van der Waals surface area contributed by atoms with Crippen molar-refractivity contribution in [2.45, 2.75) is 33.3 Å². The number of nitrogens with one attached hydrogen (secondary N) is 2. The first-order valence-electron chi connectivity index (χ1n) is 7.01. The van der Waals surface area contributed by atoms with Crippen molar-refractivity contribution in [1.29, 1.82) is 0 Å². The third-order valence-corrected chi connectivity index (χ3v) is 3.17. The van der Waals surface area contributed by atoms with E-state index in [4.69, 9.17) is 16.3 Å². The van der Waals surface area contributed by atoms with Crippen LogP contribution in [-0.4, -0.2) is 29.6 Å². The number of benzene rings is 1. The Bertz CT molecular complexity index is 534. The van der Waals surface area contributed by atoms with Crippen molar-refractivity contribution in [3.63, 3.8) is 0 Å². The van der Waals surface area contributed by atoms with Crippen LogP contribution in [0.5, 0.6) is 5.75 Å². The van der Waals surface area contributed by atoms with Crippen LogP contribution in [0.15, 0.2) is 18.2 Å². The maximum Gasteiger partial charge on any atom is 0.273 e. The first kappa shape index (κ1) is 18.3. The first-order chi connectivity index (χ1) is 10.3. The molecule has 0 radical (unpaired) electrons. The molecule has 0 fully saturated rings. The molecule has 3 N–H and O–H groups in total. The highest BCUT2D eigenvalue weighted by molar-refractivity contribution is 6.31. The Hall–Kier alpha value is -1.79. The lowest BCUT2D eigenvalue weighted by Gasteiger charge is -2.15.